The molecule has 0 aliphatic heterocycles. The predicted molar refractivity (Wildman–Crippen MR) is 167 cm³/mol. The molecule has 0 aliphatic carbocycles. The second-order valence-corrected chi connectivity index (χ2v) is 14.8. The average Bonchev–Trinajstić information content (AvgIpc) is 2.64. The van der Waals surface area contributed by atoms with E-state index in [1.54, 1.807) is 0 Å². The molecule has 182 valence electrons. The highest BCUT2D eigenvalue weighted by Crippen LogP contribution is 2.39. The van der Waals surface area contributed by atoms with Gasteiger partial charge in [0.2, 0.25) is 0 Å². The van der Waals surface area contributed by atoms with Crippen molar-refractivity contribution in [3.8, 4) is 17.2 Å². The second-order valence-electron chi connectivity index (χ2n) is 10.1. The molecule has 0 N–H and O–H groups in total. The molecular formula is C25H30I4O4. The first-order valence-electron chi connectivity index (χ1n) is 10.5. The van der Waals surface area contributed by atoms with E-state index >= 15 is 0 Å². The zero-order chi connectivity index (χ0) is 25.1. The summed E-state index contributed by atoms with van der Waals surface area (Å²) in [7, 11) is 1.46. The van der Waals surface area contributed by atoms with E-state index in [0.717, 1.165) is 43.5 Å². The first-order valence-corrected chi connectivity index (χ1v) is 14.8. The number of hydrogen-bond donors (Lipinski definition) is 0. The van der Waals surface area contributed by atoms with Crippen molar-refractivity contribution in [2.45, 2.75) is 60.0 Å². The Kier molecular flexibility index (Phi) is 10.9. The van der Waals surface area contributed by atoms with Gasteiger partial charge in [-0.15, -0.1) is 0 Å². The molecule has 1 unspecified atom stereocenters. The number of esters is 1. The first kappa shape index (κ1) is 29.7. The monoisotopic (exact) mass is 902 g/mol. The molecule has 2 aromatic carbocycles. The van der Waals surface area contributed by atoms with Crippen LogP contribution in [0.15, 0.2) is 24.3 Å². The zero-order valence-electron chi connectivity index (χ0n) is 19.9. The molecule has 2 rings (SSSR count). The van der Waals surface area contributed by atoms with E-state index in [1.807, 2.05) is 32.9 Å². The molecule has 0 fully saturated rings. The van der Waals surface area contributed by atoms with Gasteiger partial charge in [-0.3, -0.25) is 4.79 Å². The largest absolute Gasteiger partial charge is 0.486 e. The van der Waals surface area contributed by atoms with Crippen LogP contribution in [-0.4, -0.2) is 18.7 Å². The van der Waals surface area contributed by atoms with Crippen LogP contribution in [-0.2, 0) is 16.0 Å². The van der Waals surface area contributed by atoms with Gasteiger partial charge in [-0.2, -0.15) is 0 Å². The van der Waals surface area contributed by atoms with Crippen LogP contribution in [0.25, 0.3) is 0 Å². The Morgan fingerprint density at radius 1 is 0.848 bits per heavy atom. The lowest BCUT2D eigenvalue weighted by Gasteiger charge is -2.25. The molecule has 0 amide bonds. The van der Waals surface area contributed by atoms with Crippen LogP contribution in [0.3, 0.4) is 0 Å². The Balaban J connectivity index is 2.29. The lowest BCUT2D eigenvalue weighted by Crippen LogP contribution is -2.24. The summed E-state index contributed by atoms with van der Waals surface area (Å²) in [6.07, 6.45) is 1.41. The minimum Gasteiger partial charge on any atom is -0.486 e. The molecule has 0 aliphatic rings. The summed E-state index contributed by atoms with van der Waals surface area (Å²) >= 11 is 9.20. The molecule has 0 bridgehead atoms. The number of hydrogen-bond acceptors (Lipinski definition) is 4. The molecule has 0 radical (unpaired) electrons. The maximum Gasteiger partial charge on any atom is 0.309 e. The summed E-state index contributed by atoms with van der Waals surface area (Å²) in [6, 6.07) is 8.20. The highest BCUT2D eigenvalue weighted by atomic mass is 127. The SMILES string of the molecule is COC(=O)C(Cc1cc(I)c(Oc2cc(I)c(OC(C)(C)C)c(I)c2)c(I)c1)CC(C)(C)C. The van der Waals surface area contributed by atoms with E-state index in [4.69, 9.17) is 14.2 Å². The summed E-state index contributed by atoms with van der Waals surface area (Å²) in [5, 5.41) is 0. The van der Waals surface area contributed by atoms with Gasteiger partial charge in [0.05, 0.1) is 27.3 Å². The standard InChI is InChI=1S/C25H30I4O4/c1-24(2,3)13-15(23(30)31-7)8-14-9-17(26)21(18(27)10-14)32-16-11-19(28)22(20(29)12-16)33-25(4,5)6/h9-12,15H,8,13H2,1-7H3. The number of rotatable bonds is 7. The molecule has 0 spiro atoms. The van der Waals surface area contributed by atoms with E-state index in [1.165, 1.54) is 7.11 Å². The maximum absolute atomic E-state index is 12.4. The van der Waals surface area contributed by atoms with Gasteiger partial charge in [-0.1, -0.05) is 20.8 Å². The fourth-order valence-electron chi connectivity index (χ4n) is 3.37. The van der Waals surface area contributed by atoms with Crippen molar-refractivity contribution >= 4 is 96.3 Å². The zero-order valence-corrected chi connectivity index (χ0v) is 28.6. The molecule has 1 atom stereocenters. The van der Waals surface area contributed by atoms with E-state index in [0.29, 0.717) is 6.42 Å². The molecule has 0 heterocycles. The van der Waals surface area contributed by atoms with Crippen molar-refractivity contribution in [1.29, 1.82) is 0 Å². The van der Waals surface area contributed by atoms with Crippen molar-refractivity contribution < 1.29 is 19.0 Å². The van der Waals surface area contributed by atoms with E-state index in [2.05, 4.69) is 123 Å². The maximum atomic E-state index is 12.4. The fraction of sp³-hybridized carbons (Fsp3) is 0.480. The average molecular weight is 902 g/mol. The Hall–Kier alpha value is 0.430. The van der Waals surface area contributed by atoms with Crippen molar-refractivity contribution in [3.05, 3.63) is 44.1 Å². The highest BCUT2D eigenvalue weighted by molar-refractivity contribution is 14.1. The molecule has 0 aromatic heterocycles. The molecule has 0 saturated carbocycles. The quantitative estimate of drug-likeness (QED) is 0.206. The minimum absolute atomic E-state index is 0.0410. The summed E-state index contributed by atoms with van der Waals surface area (Å²) in [4.78, 5) is 12.4. The van der Waals surface area contributed by atoms with E-state index in [-0.39, 0.29) is 22.9 Å². The second kappa shape index (κ2) is 12.1. The van der Waals surface area contributed by atoms with Crippen LogP contribution in [0.4, 0.5) is 0 Å². The number of ether oxygens (including phenoxy) is 3. The third kappa shape index (κ3) is 9.43. The molecule has 4 nitrogen and oxygen atoms in total. The van der Waals surface area contributed by atoms with Crippen molar-refractivity contribution in [2.75, 3.05) is 7.11 Å². The normalized spacial score (nSPS) is 12.9. The summed E-state index contributed by atoms with van der Waals surface area (Å²) in [6.45, 7) is 12.6. The topological polar surface area (TPSA) is 44.8 Å². The van der Waals surface area contributed by atoms with Crippen molar-refractivity contribution in [3.63, 3.8) is 0 Å². The van der Waals surface area contributed by atoms with Gasteiger partial charge in [0.15, 0.2) is 5.75 Å². The predicted octanol–water partition coefficient (Wildman–Crippen LogP) is 8.84. The van der Waals surface area contributed by atoms with E-state index in [9.17, 15) is 4.79 Å². The summed E-state index contributed by atoms with van der Waals surface area (Å²) < 4.78 is 21.6. The third-order valence-electron chi connectivity index (χ3n) is 4.53. The lowest BCUT2D eigenvalue weighted by atomic mass is 9.82. The van der Waals surface area contributed by atoms with Crippen molar-refractivity contribution in [1.82, 2.24) is 0 Å². The van der Waals surface area contributed by atoms with Crippen LogP contribution < -0.4 is 9.47 Å². The van der Waals surface area contributed by atoms with Gasteiger partial charge < -0.3 is 14.2 Å². The number of carbonyl (C=O) groups excluding carboxylic acids is 1. The molecule has 33 heavy (non-hydrogen) atoms. The van der Waals surface area contributed by atoms with Crippen LogP contribution in [0.1, 0.15) is 53.5 Å². The van der Waals surface area contributed by atoms with Gasteiger partial charge in [0.1, 0.15) is 17.1 Å². The van der Waals surface area contributed by atoms with Gasteiger partial charge in [-0.25, -0.2) is 0 Å². The van der Waals surface area contributed by atoms with Crippen LogP contribution >= 0.6 is 90.4 Å². The number of halogens is 4. The molecule has 0 saturated heterocycles. The number of carbonyl (C=O) groups is 1. The van der Waals surface area contributed by atoms with Gasteiger partial charge in [-0.05, 0) is 159 Å². The third-order valence-corrected chi connectivity index (χ3v) is 7.74. The highest BCUT2D eigenvalue weighted by Gasteiger charge is 2.27. The van der Waals surface area contributed by atoms with Gasteiger partial charge >= 0.3 is 5.97 Å². The molecular weight excluding hydrogens is 872 g/mol. The van der Waals surface area contributed by atoms with Gasteiger partial charge in [0.25, 0.3) is 0 Å². The Labute approximate surface area is 252 Å². The van der Waals surface area contributed by atoms with Crippen LogP contribution in [0.5, 0.6) is 17.2 Å². The Morgan fingerprint density at radius 2 is 1.33 bits per heavy atom. The van der Waals surface area contributed by atoms with Gasteiger partial charge in [0, 0.05) is 0 Å². The fourth-order valence-corrected chi connectivity index (χ4v) is 7.42. The van der Waals surface area contributed by atoms with Crippen molar-refractivity contribution in [2.24, 2.45) is 11.3 Å². The summed E-state index contributed by atoms with van der Waals surface area (Å²) in [5.41, 5.74) is 0.880. The molecule has 8 heteroatoms. The van der Waals surface area contributed by atoms with Crippen LogP contribution in [0.2, 0.25) is 0 Å². The minimum atomic E-state index is -0.266. The Bertz CT molecular complexity index is 960. The van der Waals surface area contributed by atoms with E-state index < -0.39 is 0 Å². The smallest absolute Gasteiger partial charge is 0.309 e. The van der Waals surface area contributed by atoms with Crippen LogP contribution in [0, 0.1) is 25.6 Å². The first-order chi connectivity index (χ1) is 15.1. The number of methoxy groups -OCH3 is 1. The number of benzene rings is 2. The summed E-state index contributed by atoms with van der Waals surface area (Å²) in [5.74, 6) is 2.14. The lowest BCUT2D eigenvalue weighted by molar-refractivity contribution is -0.146. The molecule has 2 aromatic rings. The Morgan fingerprint density at radius 3 is 1.76 bits per heavy atom.